The lowest BCUT2D eigenvalue weighted by molar-refractivity contribution is 0.661. The van der Waals surface area contributed by atoms with Crippen molar-refractivity contribution in [3.8, 4) is 67.3 Å². The molecule has 8 aromatic rings. The van der Waals surface area contributed by atoms with Crippen molar-refractivity contribution in [2.75, 3.05) is 0 Å². The van der Waals surface area contributed by atoms with Crippen LogP contribution < -0.4 is 0 Å². The van der Waals surface area contributed by atoms with E-state index in [2.05, 4.69) is 172 Å². The summed E-state index contributed by atoms with van der Waals surface area (Å²) in [4.78, 5) is 10.3. The molecular weight excluding hydrogens is 593 g/mol. The van der Waals surface area contributed by atoms with E-state index in [-0.39, 0.29) is 5.41 Å². The molecule has 2 heteroatoms. The number of fused-ring (bicyclic) bond motifs is 4. The molecule has 0 saturated heterocycles. The fourth-order valence-electron chi connectivity index (χ4n) is 7.55. The van der Waals surface area contributed by atoms with Gasteiger partial charge in [0.05, 0.1) is 11.4 Å². The molecule has 49 heavy (non-hydrogen) atoms. The Labute approximate surface area is 287 Å². The Balaban J connectivity index is 1.15. The topological polar surface area (TPSA) is 25.8 Å². The van der Waals surface area contributed by atoms with E-state index in [0.717, 1.165) is 39.2 Å². The lowest BCUT2D eigenvalue weighted by Crippen LogP contribution is -2.14. The highest BCUT2D eigenvalue weighted by Crippen LogP contribution is 2.53. The monoisotopic (exact) mass is 626 g/mol. The van der Waals surface area contributed by atoms with Crippen molar-refractivity contribution in [3.63, 3.8) is 0 Å². The summed E-state index contributed by atoms with van der Waals surface area (Å²) in [5.74, 6) is 0.715. The summed E-state index contributed by atoms with van der Waals surface area (Å²) < 4.78 is 0. The highest BCUT2D eigenvalue weighted by Gasteiger charge is 2.37. The molecule has 0 aliphatic heterocycles. The summed E-state index contributed by atoms with van der Waals surface area (Å²) >= 11 is 0. The third kappa shape index (κ3) is 4.96. The highest BCUT2D eigenvalue weighted by molar-refractivity contribution is 5.98. The van der Waals surface area contributed by atoms with Crippen LogP contribution >= 0.6 is 0 Å². The SMILES string of the molecule is CC1(C)c2cc3ccccc3cc2-c2c(-c3ccc(-c4ccccc4-c4nc(-c5ccccc5)cc(-c5ccccc5)n4)cc3)cccc21. The van der Waals surface area contributed by atoms with Crippen LogP contribution in [0.1, 0.15) is 25.0 Å². The average Bonchev–Trinajstić information content (AvgIpc) is 3.39. The largest absolute Gasteiger partial charge is 0.228 e. The van der Waals surface area contributed by atoms with E-state index in [9.17, 15) is 0 Å². The van der Waals surface area contributed by atoms with Gasteiger partial charge in [-0.2, -0.15) is 0 Å². The second-order valence-electron chi connectivity index (χ2n) is 13.4. The Kier molecular flexibility index (Phi) is 6.84. The minimum Gasteiger partial charge on any atom is -0.228 e. The van der Waals surface area contributed by atoms with Gasteiger partial charge in [0.2, 0.25) is 0 Å². The van der Waals surface area contributed by atoms with E-state index < -0.39 is 0 Å². The van der Waals surface area contributed by atoms with E-state index in [4.69, 9.17) is 9.97 Å². The normalized spacial score (nSPS) is 12.9. The zero-order chi connectivity index (χ0) is 33.0. The van der Waals surface area contributed by atoms with E-state index >= 15 is 0 Å². The van der Waals surface area contributed by atoms with Crippen LogP contribution in [-0.4, -0.2) is 9.97 Å². The molecule has 0 atom stereocenters. The molecule has 2 nitrogen and oxygen atoms in total. The van der Waals surface area contributed by atoms with E-state index in [1.807, 2.05) is 12.1 Å². The van der Waals surface area contributed by atoms with Gasteiger partial charge in [-0.1, -0.05) is 166 Å². The first kappa shape index (κ1) is 29.1. The third-order valence-corrected chi connectivity index (χ3v) is 10.1. The molecule has 0 N–H and O–H groups in total. The third-order valence-electron chi connectivity index (χ3n) is 10.1. The van der Waals surface area contributed by atoms with Crippen molar-refractivity contribution < 1.29 is 0 Å². The van der Waals surface area contributed by atoms with Crippen LogP contribution in [0.25, 0.3) is 78.1 Å². The second-order valence-corrected chi connectivity index (χ2v) is 13.4. The van der Waals surface area contributed by atoms with Crippen LogP contribution in [0.4, 0.5) is 0 Å². The molecule has 0 fully saturated rings. The van der Waals surface area contributed by atoms with Gasteiger partial charge in [0.15, 0.2) is 5.82 Å². The lowest BCUT2D eigenvalue weighted by Gasteiger charge is -2.22. The van der Waals surface area contributed by atoms with Crippen molar-refractivity contribution in [1.82, 2.24) is 9.97 Å². The molecule has 0 unspecified atom stereocenters. The molecule has 9 rings (SSSR count). The summed E-state index contributed by atoms with van der Waals surface area (Å²) in [5, 5.41) is 2.57. The Morgan fingerprint density at radius 3 is 1.51 bits per heavy atom. The lowest BCUT2D eigenvalue weighted by atomic mass is 9.81. The van der Waals surface area contributed by atoms with Gasteiger partial charge in [0.1, 0.15) is 0 Å². The highest BCUT2D eigenvalue weighted by atomic mass is 14.9. The van der Waals surface area contributed by atoms with Crippen LogP contribution in [0.15, 0.2) is 170 Å². The predicted octanol–water partition coefficient (Wildman–Crippen LogP) is 12.3. The molecule has 0 saturated carbocycles. The van der Waals surface area contributed by atoms with Gasteiger partial charge in [-0.05, 0) is 73.5 Å². The molecule has 0 spiro atoms. The van der Waals surface area contributed by atoms with Crippen LogP contribution in [-0.2, 0) is 5.41 Å². The molecule has 0 amide bonds. The maximum Gasteiger partial charge on any atom is 0.161 e. The minimum atomic E-state index is -0.0729. The summed E-state index contributed by atoms with van der Waals surface area (Å²) in [6, 6.07) is 60.6. The summed E-state index contributed by atoms with van der Waals surface area (Å²) in [5.41, 5.74) is 15.1. The van der Waals surface area contributed by atoms with Crippen molar-refractivity contribution in [2.45, 2.75) is 19.3 Å². The van der Waals surface area contributed by atoms with Crippen molar-refractivity contribution >= 4 is 10.8 Å². The average molecular weight is 627 g/mol. The predicted molar refractivity (Wildman–Crippen MR) is 204 cm³/mol. The molecule has 0 radical (unpaired) electrons. The molecule has 1 heterocycles. The summed E-state index contributed by atoms with van der Waals surface area (Å²) in [6.45, 7) is 4.71. The Morgan fingerprint density at radius 1 is 0.367 bits per heavy atom. The van der Waals surface area contributed by atoms with Gasteiger partial charge in [-0.25, -0.2) is 9.97 Å². The number of benzene rings is 7. The van der Waals surface area contributed by atoms with Crippen molar-refractivity contribution in [2.24, 2.45) is 0 Å². The molecule has 1 aromatic heterocycles. The molecule has 7 aromatic carbocycles. The molecule has 0 bridgehead atoms. The zero-order valence-electron chi connectivity index (χ0n) is 27.6. The Hall–Kier alpha value is -6.12. The van der Waals surface area contributed by atoms with Gasteiger partial charge >= 0.3 is 0 Å². The quantitative estimate of drug-likeness (QED) is 0.190. The fourth-order valence-corrected chi connectivity index (χ4v) is 7.55. The van der Waals surface area contributed by atoms with Gasteiger partial charge in [0, 0.05) is 22.1 Å². The fraction of sp³-hybridized carbons (Fsp3) is 0.0638. The number of rotatable bonds is 5. The molecule has 1 aliphatic carbocycles. The smallest absolute Gasteiger partial charge is 0.161 e. The van der Waals surface area contributed by atoms with Crippen molar-refractivity contribution in [3.05, 3.63) is 181 Å². The molecular formula is C47H34N2. The van der Waals surface area contributed by atoms with Gasteiger partial charge in [-0.3, -0.25) is 0 Å². The Bertz CT molecular complexity index is 2440. The number of nitrogens with zero attached hydrogens (tertiary/aromatic N) is 2. The summed E-state index contributed by atoms with van der Waals surface area (Å²) in [7, 11) is 0. The van der Waals surface area contributed by atoms with Gasteiger partial charge in [-0.15, -0.1) is 0 Å². The standard InChI is InChI=1S/C47H34N2/c1-47(2)41-23-13-22-38(45(41)40-28-35-18-9-10-19-36(35)29-42(40)47)32-26-24-31(25-27-32)37-20-11-12-21-39(37)46-48-43(33-14-5-3-6-15-33)30-44(49-46)34-16-7-4-8-17-34/h3-30H,1-2H3. The van der Waals surface area contributed by atoms with Crippen LogP contribution in [0.5, 0.6) is 0 Å². The summed E-state index contributed by atoms with van der Waals surface area (Å²) in [6.07, 6.45) is 0. The maximum atomic E-state index is 5.14. The number of aromatic nitrogens is 2. The van der Waals surface area contributed by atoms with Crippen LogP contribution in [0, 0.1) is 0 Å². The maximum absolute atomic E-state index is 5.14. The zero-order valence-corrected chi connectivity index (χ0v) is 27.6. The van der Waals surface area contributed by atoms with E-state index in [1.54, 1.807) is 0 Å². The number of hydrogen-bond acceptors (Lipinski definition) is 2. The first-order valence-corrected chi connectivity index (χ1v) is 16.9. The van der Waals surface area contributed by atoms with Gasteiger partial charge < -0.3 is 0 Å². The number of hydrogen-bond donors (Lipinski definition) is 0. The second kappa shape index (κ2) is 11.5. The molecule has 232 valence electrons. The van der Waals surface area contributed by atoms with Gasteiger partial charge in [0.25, 0.3) is 0 Å². The minimum absolute atomic E-state index is 0.0729. The Morgan fingerprint density at radius 2 is 0.878 bits per heavy atom. The van der Waals surface area contributed by atoms with Crippen LogP contribution in [0.3, 0.4) is 0 Å². The van der Waals surface area contributed by atoms with E-state index in [1.165, 1.54) is 44.2 Å². The molecule has 1 aliphatic rings. The first-order valence-electron chi connectivity index (χ1n) is 16.9. The van der Waals surface area contributed by atoms with Crippen LogP contribution in [0.2, 0.25) is 0 Å². The first-order chi connectivity index (χ1) is 24.0. The van der Waals surface area contributed by atoms with Crippen molar-refractivity contribution in [1.29, 1.82) is 0 Å². The van der Waals surface area contributed by atoms with E-state index in [0.29, 0.717) is 5.82 Å².